The Kier molecular flexibility index (Phi) is 5.48. The lowest BCUT2D eigenvalue weighted by molar-refractivity contribution is -0.106. The average molecular weight is 451 g/mol. The van der Waals surface area contributed by atoms with Gasteiger partial charge in [-0.15, -0.1) is 0 Å². The van der Waals surface area contributed by atoms with Crippen molar-refractivity contribution in [3.8, 4) is 21.8 Å². The van der Waals surface area contributed by atoms with Crippen LogP contribution < -0.4 is 0 Å². The fourth-order valence-electron chi connectivity index (χ4n) is 2.90. The molecule has 1 aromatic carbocycles. The SMILES string of the molecule is Cc1cc(F)c(-c2ccc3nc(-c4cccnc4)sc3n2)cc1[S+]([O-])CC(F)(F)F. The van der Waals surface area contributed by atoms with E-state index in [1.807, 2.05) is 6.07 Å². The van der Waals surface area contributed by atoms with E-state index in [9.17, 15) is 22.1 Å². The zero-order chi connectivity index (χ0) is 21.5. The molecule has 0 bridgehead atoms. The molecule has 0 N–H and O–H groups in total. The van der Waals surface area contributed by atoms with E-state index in [4.69, 9.17) is 0 Å². The standard InChI is InChI=1S/C20H13F4N3OS2/c1-11-7-14(21)13(8-17(11)30(28)10-20(22,23)24)15-4-5-16-19(26-15)29-18(27-16)12-3-2-6-25-9-12/h2-9H,10H2,1H3. The quantitative estimate of drug-likeness (QED) is 0.302. The predicted octanol–water partition coefficient (Wildman–Crippen LogP) is 5.54. The number of rotatable bonds is 4. The molecule has 1 unspecified atom stereocenters. The largest absolute Gasteiger partial charge is 0.611 e. The second-order valence-corrected chi connectivity index (χ2v) is 8.88. The van der Waals surface area contributed by atoms with Crippen molar-refractivity contribution in [2.45, 2.75) is 18.0 Å². The Morgan fingerprint density at radius 1 is 1.13 bits per heavy atom. The van der Waals surface area contributed by atoms with E-state index < -0.39 is 28.9 Å². The molecule has 1 atom stereocenters. The molecule has 10 heteroatoms. The summed E-state index contributed by atoms with van der Waals surface area (Å²) in [5.41, 5.74) is 1.83. The van der Waals surface area contributed by atoms with E-state index in [0.717, 1.165) is 11.6 Å². The summed E-state index contributed by atoms with van der Waals surface area (Å²) < 4.78 is 64.7. The van der Waals surface area contributed by atoms with Crippen LogP contribution in [0.2, 0.25) is 0 Å². The van der Waals surface area contributed by atoms with Crippen molar-refractivity contribution in [3.05, 3.63) is 60.2 Å². The molecule has 0 saturated carbocycles. The van der Waals surface area contributed by atoms with Crippen LogP contribution in [-0.4, -0.2) is 31.4 Å². The molecule has 4 rings (SSSR count). The highest BCUT2D eigenvalue weighted by atomic mass is 32.2. The van der Waals surface area contributed by atoms with Crippen LogP contribution in [0.1, 0.15) is 5.56 Å². The Morgan fingerprint density at radius 2 is 1.93 bits per heavy atom. The average Bonchev–Trinajstić information content (AvgIpc) is 3.10. The molecule has 3 aromatic heterocycles. The topological polar surface area (TPSA) is 61.7 Å². The van der Waals surface area contributed by atoms with Crippen LogP contribution >= 0.6 is 11.3 Å². The molecule has 0 aliphatic rings. The smallest absolute Gasteiger partial charge is 0.433 e. The van der Waals surface area contributed by atoms with Crippen LogP contribution in [-0.2, 0) is 11.2 Å². The Labute approximate surface area is 175 Å². The second kappa shape index (κ2) is 7.93. The summed E-state index contributed by atoms with van der Waals surface area (Å²) in [6, 6.07) is 9.11. The first-order valence-electron chi connectivity index (χ1n) is 8.65. The molecule has 0 fully saturated rings. The molecule has 30 heavy (non-hydrogen) atoms. The van der Waals surface area contributed by atoms with Gasteiger partial charge >= 0.3 is 6.18 Å². The van der Waals surface area contributed by atoms with Crippen molar-refractivity contribution in [2.24, 2.45) is 0 Å². The van der Waals surface area contributed by atoms with Crippen LogP contribution in [0.4, 0.5) is 17.6 Å². The van der Waals surface area contributed by atoms with E-state index in [1.165, 1.54) is 24.3 Å². The number of hydrogen-bond donors (Lipinski definition) is 0. The molecule has 0 aliphatic heterocycles. The number of pyridine rings is 2. The van der Waals surface area contributed by atoms with Crippen molar-refractivity contribution in [1.29, 1.82) is 0 Å². The number of fused-ring (bicyclic) bond motifs is 1. The third-order valence-corrected chi connectivity index (χ3v) is 6.78. The monoisotopic (exact) mass is 451 g/mol. The zero-order valence-electron chi connectivity index (χ0n) is 15.4. The second-order valence-electron chi connectivity index (χ2n) is 6.48. The molecule has 4 aromatic rings. The Bertz CT molecular complexity index is 1210. The summed E-state index contributed by atoms with van der Waals surface area (Å²) in [5.74, 6) is -2.14. The molecule has 0 amide bonds. The minimum absolute atomic E-state index is 0.00986. The van der Waals surface area contributed by atoms with E-state index in [2.05, 4.69) is 15.0 Å². The Balaban J connectivity index is 1.75. The maximum atomic E-state index is 14.6. The van der Waals surface area contributed by atoms with Crippen LogP contribution in [0.15, 0.2) is 53.7 Å². The number of thiazole rings is 1. The van der Waals surface area contributed by atoms with Gasteiger partial charge in [0.1, 0.15) is 21.2 Å². The molecule has 0 saturated heterocycles. The summed E-state index contributed by atoms with van der Waals surface area (Å²) in [6.45, 7) is 1.43. The molecule has 154 valence electrons. The van der Waals surface area contributed by atoms with Crippen molar-refractivity contribution in [3.63, 3.8) is 0 Å². The van der Waals surface area contributed by atoms with Gasteiger partial charge in [0.05, 0.1) is 5.69 Å². The molecule has 0 aliphatic carbocycles. The molecular weight excluding hydrogens is 438 g/mol. The molecule has 0 radical (unpaired) electrons. The number of alkyl halides is 3. The minimum Gasteiger partial charge on any atom is -0.611 e. The van der Waals surface area contributed by atoms with Crippen molar-refractivity contribution >= 4 is 32.9 Å². The predicted molar refractivity (Wildman–Crippen MR) is 108 cm³/mol. The van der Waals surface area contributed by atoms with Gasteiger partial charge in [-0.3, -0.25) is 4.98 Å². The van der Waals surface area contributed by atoms with E-state index in [0.29, 0.717) is 15.4 Å². The first kappa shape index (κ1) is 20.7. The summed E-state index contributed by atoms with van der Waals surface area (Å²) in [4.78, 5) is 13.5. The minimum atomic E-state index is -4.59. The first-order valence-corrected chi connectivity index (χ1v) is 10.8. The van der Waals surface area contributed by atoms with Crippen LogP contribution in [0, 0.1) is 12.7 Å². The van der Waals surface area contributed by atoms with Crippen LogP contribution in [0.5, 0.6) is 0 Å². The van der Waals surface area contributed by atoms with Crippen molar-refractivity contribution in [1.82, 2.24) is 15.0 Å². The van der Waals surface area contributed by atoms with Crippen LogP contribution in [0.25, 0.3) is 32.2 Å². The maximum Gasteiger partial charge on any atom is 0.433 e. The van der Waals surface area contributed by atoms with Crippen LogP contribution in [0.3, 0.4) is 0 Å². The van der Waals surface area contributed by atoms with Gasteiger partial charge in [0, 0.05) is 35.2 Å². The number of halogens is 4. The lowest BCUT2D eigenvalue weighted by atomic mass is 10.1. The third kappa shape index (κ3) is 4.30. The summed E-state index contributed by atoms with van der Waals surface area (Å²) >= 11 is -1.05. The normalized spacial score (nSPS) is 13.0. The Morgan fingerprint density at radius 3 is 2.63 bits per heavy atom. The number of nitrogens with zero attached hydrogens (tertiary/aromatic N) is 3. The Hall–Kier alpha value is -2.56. The summed E-state index contributed by atoms with van der Waals surface area (Å²) in [7, 11) is 0. The zero-order valence-corrected chi connectivity index (χ0v) is 17.0. The highest BCUT2D eigenvalue weighted by molar-refractivity contribution is 7.91. The fraction of sp³-hybridized carbons (Fsp3) is 0.150. The van der Waals surface area contributed by atoms with Crippen molar-refractivity contribution < 1.29 is 22.1 Å². The van der Waals surface area contributed by atoms with Gasteiger partial charge in [0.15, 0.2) is 4.90 Å². The molecule has 3 heterocycles. The van der Waals surface area contributed by atoms with Gasteiger partial charge in [-0.1, -0.05) is 11.3 Å². The van der Waals surface area contributed by atoms with Gasteiger partial charge in [-0.25, -0.2) is 14.4 Å². The number of benzene rings is 1. The van der Waals surface area contributed by atoms with Gasteiger partial charge in [-0.05, 0) is 48.4 Å². The fourth-order valence-corrected chi connectivity index (χ4v) is 4.95. The third-order valence-electron chi connectivity index (χ3n) is 4.24. The summed E-state index contributed by atoms with van der Waals surface area (Å²) in [6.07, 6.45) is -1.28. The first-order chi connectivity index (χ1) is 14.2. The van der Waals surface area contributed by atoms with Gasteiger partial charge in [0.25, 0.3) is 0 Å². The number of aryl methyl sites for hydroxylation is 1. The van der Waals surface area contributed by atoms with Gasteiger partial charge in [0.2, 0.25) is 5.75 Å². The lowest BCUT2D eigenvalue weighted by Crippen LogP contribution is -2.23. The van der Waals surface area contributed by atoms with Gasteiger partial charge in [-0.2, -0.15) is 13.2 Å². The highest BCUT2D eigenvalue weighted by Crippen LogP contribution is 2.33. The molecular formula is C20H13F4N3OS2. The maximum absolute atomic E-state index is 14.6. The van der Waals surface area contributed by atoms with E-state index >= 15 is 0 Å². The van der Waals surface area contributed by atoms with Gasteiger partial charge < -0.3 is 4.55 Å². The number of hydrogen-bond acceptors (Lipinski definition) is 5. The van der Waals surface area contributed by atoms with E-state index in [1.54, 1.807) is 30.6 Å². The molecule has 4 nitrogen and oxygen atoms in total. The number of aromatic nitrogens is 3. The van der Waals surface area contributed by atoms with E-state index in [-0.39, 0.29) is 21.7 Å². The summed E-state index contributed by atoms with van der Waals surface area (Å²) in [5, 5.41) is 0.694. The lowest BCUT2D eigenvalue weighted by Gasteiger charge is -2.15. The van der Waals surface area contributed by atoms with Crippen molar-refractivity contribution in [2.75, 3.05) is 5.75 Å². The highest BCUT2D eigenvalue weighted by Gasteiger charge is 2.36. The molecule has 0 spiro atoms.